The first-order valence-corrected chi connectivity index (χ1v) is 1.84. The lowest BCUT2D eigenvalue weighted by Crippen LogP contribution is -2.32. The van der Waals surface area contributed by atoms with Crippen LogP contribution in [-0.4, -0.2) is 24.7 Å². The van der Waals surface area contributed by atoms with Crippen molar-refractivity contribution < 1.29 is 14.7 Å². The van der Waals surface area contributed by atoms with Gasteiger partial charge in [0.05, 0.1) is 6.61 Å². The lowest BCUT2D eigenvalue weighted by Gasteiger charge is -2.10. The quantitative estimate of drug-likeness (QED) is 0.397. The first kappa shape index (κ1) is 6.39. The Morgan fingerprint density at radius 2 is 2.00 bits per heavy atom. The van der Waals surface area contributed by atoms with Gasteiger partial charge in [-0.15, -0.1) is 0 Å². The van der Waals surface area contributed by atoms with Gasteiger partial charge in [0.2, 0.25) is 0 Å². The summed E-state index contributed by atoms with van der Waals surface area (Å²) in [4.78, 5) is 12.8. The number of hydrogen-bond donors (Lipinski definition) is 2. The molecule has 4 nitrogen and oxygen atoms in total. The minimum atomic E-state index is -0.250. The number of hydrogen-bond acceptors (Lipinski definition) is 3. The molecular weight excluding hydrogens is 98.0 g/mol. The van der Waals surface area contributed by atoms with Gasteiger partial charge in [-0.05, 0) is 0 Å². The molecule has 1 fully saturated rings. The number of rotatable bonds is 0. The van der Waals surface area contributed by atoms with Gasteiger partial charge in [-0.3, -0.25) is 4.79 Å². The van der Waals surface area contributed by atoms with E-state index in [0.29, 0.717) is 0 Å². The summed E-state index contributed by atoms with van der Waals surface area (Å²) >= 11 is 0. The highest BCUT2D eigenvalue weighted by Crippen LogP contribution is 1.73. The summed E-state index contributed by atoms with van der Waals surface area (Å²) in [5.41, 5.74) is 2.61. The molecule has 0 aromatic rings. The topological polar surface area (TPSA) is 58.6 Å². The Morgan fingerprint density at radius 3 is 2.00 bits per heavy atom. The standard InChI is InChI=1S/C2H5NO.CH2O2/c1-2-4-3-1;2-1-3/h3H,1-2H2;1H,(H,2,3). The SMILES string of the molecule is C1CON1.O=CO. The van der Waals surface area contributed by atoms with Gasteiger partial charge in [0, 0.05) is 6.54 Å². The summed E-state index contributed by atoms with van der Waals surface area (Å²) in [6.45, 7) is 1.67. The Bertz CT molecular complexity index is 39.4. The fraction of sp³-hybridized carbons (Fsp3) is 0.667. The van der Waals surface area contributed by atoms with E-state index in [-0.39, 0.29) is 6.47 Å². The van der Waals surface area contributed by atoms with Crippen LogP contribution >= 0.6 is 0 Å². The Morgan fingerprint density at radius 1 is 1.86 bits per heavy atom. The monoisotopic (exact) mass is 105 g/mol. The number of nitrogens with one attached hydrogen (secondary N) is 1. The fourth-order valence-electron chi connectivity index (χ4n) is 0.102. The van der Waals surface area contributed by atoms with Crippen LogP contribution in [0.1, 0.15) is 0 Å². The maximum Gasteiger partial charge on any atom is 0.290 e. The van der Waals surface area contributed by atoms with Crippen molar-refractivity contribution in [1.29, 1.82) is 0 Å². The molecule has 7 heavy (non-hydrogen) atoms. The van der Waals surface area contributed by atoms with Crippen LogP contribution in [0.15, 0.2) is 0 Å². The van der Waals surface area contributed by atoms with Crippen LogP contribution in [0.4, 0.5) is 0 Å². The first-order chi connectivity index (χ1) is 3.41. The van der Waals surface area contributed by atoms with Crippen LogP contribution in [0, 0.1) is 0 Å². The summed E-state index contributed by atoms with van der Waals surface area (Å²) in [5, 5.41) is 6.89. The summed E-state index contributed by atoms with van der Waals surface area (Å²) in [6.07, 6.45) is 0. The van der Waals surface area contributed by atoms with Gasteiger partial charge in [-0.1, -0.05) is 0 Å². The van der Waals surface area contributed by atoms with Gasteiger partial charge in [-0.2, -0.15) is 0 Å². The molecule has 0 aromatic carbocycles. The summed E-state index contributed by atoms with van der Waals surface area (Å²) < 4.78 is 0. The van der Waals surface area contributed by atoms with Crippen LogP contribution in [-0.2, 0) is 9.63 Å². The molecule has 0 aliphatic carbocycles. The van der Waals surface area contributed by atoms with Crippen molar-refractivity contribution in [3.63, 3.8) is 0 Å². The molecule has 1 heterocycles. The molecule has 1 saturated heterocycles. The third-order valence-electron chi connectivity index (χ3n) is 0.408. The van der Waals surface area contributed by atoms with Crippen LogP contribution in [0.3, 0.4) is 0 Å². The van der Waals surface area contributed by atoms with E-state index in [1.54, 1.807) is 0 Å². The molecule has 42 valence electrons. The van der Waals surface area contributed by atoms with E-state index in [9.17, 15) is 0 Å². The van der Waals surface area contributed by atoms with Crippen molar-refractivity contribution in [2.24, 2.45) is 0 Å². The zero-order chi connectivity index (χ0) is 5.54. The molecule has 0 saturated carbocycles. The second kappa shape index (κ2) is 5.39. The van der Waals surface area contributed by atoms with Crippen LogP contribution < -0.4 is 5.48 Å². The molecule has 1 aliphatic rings. The smallest absolute Gasteiger partial charge is 0.290 e. The van der Waals surface area contributed by atoms with Gasteiger partial charge in [-0.25, -0.2) is 5.48 Å². The molecule has 0 radical (unpaired) electrons. The molecule has 0 bridgehead atoms. The number of carbonyl (C=O) groups is 1. The average Bonchev–Trinajstić information content (AvgIpc) is 1.27. The Balaban J connectivity index is 0.000000110. The summed E-state index contributed by atoms with van der Waals surface area (Å²) in [6, 6.07) is 0. The van der Waals surface area contributed by atoms with E-state index in [1.165, 1.54) is 0 Å². The molecule has 0 unspecified atom stereocenters. The zero-order valence-electron chi connectivity index (χ0n) is 3.76. The number of hydroxylamine groups is 1. The third-order valence-corrected chi connectivity index (χ3v) is 0.408. The molecule has 1 aliphatic heterocycles. The highest BCUT2D eigenvalue weighted by Gasteiger charge is 1.92. The van der Waals surface area contributed by atoms with E-state index in [0.717, 1.165) is 13.2 Å². The molecule has 0 aromatic heterocycles. The second-order valence-electron chi connectivity index (χ2n) is 0.848. The lowest BCUT2D eigenvalue weighted by molar-refractivity contribution is -0.122. The van der Waals surface area contributed by atoms with Gasteiger partial charge in [0.15, 0.2) is 0 Å². The van der Waals surface area contributed by atoms with Crippen molar-refractivity contribution in [2.75, 3.05) is 13.2 Å². The molecular formula is C3H7NO3. The van der Waals surface area contributed by atoms with Crippen molar-refractivity contribution in [1.82, 2.24) is 5.48 Å². The van der Waals surface area contributed by atoms with E-state index in [2.05, 4.69) is 10.3 Å². The molecule has 0 atom stereocenters. The third kappa shape index (κ3) is 5.39. The van der Waals surface area contributed by atoms with Crippen molar-refractivity contribution in [3.8, 4) is 0 Å². The average molecular weight is 105 g/mol. The van der Waals surface area contributed by atoms with Crippen LogP contribution in [0.5, 0.6) is 0 Å². The molecule has 0 amide bonds. The summed E-state index contributed by atoms with van der Waals surface area (Å²) in [5.74, 6) is 0. The molecule has 2 N–H and O–H groups in total. The maximum absolute atomic E-state index is 8.36. The van der Waals surface area contributed by atoms with E-state index in [4.69, 9.17) is 9.90 Å². The molecule has 1 rings (SSSR count). The second-order valence-corrected chi connectivity index (χ2v) is 0.848. The highest BCUT2D eigenvalue weighted by atomic mass is 16.7. The predicted molar refractivity (Wildman–Crippen MR) is 22.6 cm³/mol. The van der Waals surface area contributed by atoms with Crippen molar-refractivity contribution in [3.05, 3.63) is 0 Å². The zero-order valence-corrected chi connectivity index (χ0v) is 3.76. The lowest BCUT2D eigenvalue weighted by atomic mass is 10.7. The minimum Gasteiger partial charge on any atom is -0.483 e. The fourth-order valence-corrected chi connectivity index (χ4v) is 0.102. The van der Waals surface area contributed by atoms with Gasteiger partial charge in [0.1, 0.15) is 0 Å². The Kier molecular flexibility index (Phi) is 4.92. The van der Waals surface area contributed by atoms with Gasteiger partial charge in [0.25, 0.3) is 6.47 Å². The van der Waals surface area contributed by atoms with E-state index in [1.807, 2.05) is 0 Å². The van der Waals surface area contributed by atoms with Gasteiger partial charge < -0.3 is 9.94 Å². The first-order valence-electron chi connectivity index (χ1n) is 1.84. The Hall–Kier alpha value is -0.610. The van der Waals surface area contributed by atoms with Crippen molar-refractivity contribution >= 4 is 6.47 Å². The van der Waals surface area contributed by atoms with E-state index < -0.39 is 0 Å². The normalized spacial score (nSPS) is 15.4. The van der Waals surface area contributed by atoms with Crippen molar-refractivity contribution in [2.45, 2.75) is 0 Å². The molecule has 0 spiro atoms. The Labute approximate surface area is 41.0 Å². The van der Waals surface area contributed by atoms with E-state index >= 15 is 0 Å². The highest BCUT2D eigenvalue weighted by molar-refractivity contribution is 5.32. The number of carboxylic acid groups (broad SMARTS) is 1. The summed E-state index contributed by atoms with van der Waals surface area (Å²) in [7, 11) is 0. The van der Waals surface area contributed by atoms with Gasteiger partial charge >= 0.3 is 0 Å². The predicted octanol–water partition coefficient (Wildman–Crippen LogP) is -0.778. The molecule has 4 heteroatoms. The van der Waals surface area contributed by atoms with Crippen LogP contribution in [0.2, 0.25) is 0 Å². The van der Waals surface area contributed by atoms with Crippen LogP contribution in [0.25, 0.3) is 0 Å². The maximum atomic E-state index is 8.36. The minimum absolute atomic E-state index is 0.250. The largest absolute Gasteiger partial charge is 0.483 e.